The summed E-state index contributed by atoms with van der Waals surface area (Å²) in [6.45, 7) is 0. The maximum Gasteiger partial charge on any atom is 0.306 e. The van der Waals surface area contributed by atoms with Crippen LogP contribution in [0.5, 0.6) is 0 Å². The fraction of sp³-hybridized carbons (Fsp3) is 0.375. The van der Waals surface area contributed by atoms with Gasteiger partial charge >= 0.3 is 5.69 Å². The molecular weight excluding hydrogens is 192 g/mol. The Morgan fingerprint density at radius 3 is 2.85 bits per heavy atom. The molecule has 0 atom stereocenters. The summed E-state index contributed by atoms with van der Waals surface area (Å²) in [4.78, 5) is 13.8. The number of nitrogens with zero attached hydrogens (tertiary/aromatic N) is 2. The molecule has 1 aliphatic carbocycles. The van der Waals surface area contributed by atoms with Crippen LogP contribution in [-0.2, 0) is 0 Å². The quantitative estimate of drug-likeness (QED) is 0.417. The first kappa shape index (κ1) is 8.44. The van der Waals surface area contributed by atoms with Gasteiger partial charge in [0.25, 0.3) is 0 Å². The number of hydrogen-bond acceptors (Lipinski definition) is 3. The Morgan fingerprint density at radius 2 is 2.31 bits per heavy atom. The fourth-order valence-electron chi connectivity index (χ4n) is 1.22. The maximum atomic E-state index is 10.5. The number of hydrogen-bond donors (Lipinski definition) is 0. The molecule has 1 heterocycles. The minimum absolute atomic E-state index is 0.0330. The van der Waals surface area contributed by atoms with Crippen molar-refractivity contribution in [3.05, 3.63) is 33.1 Å². The van der Waals surface area contributed by atoms with Crippen molar-refractivity contribution >= 4 is 17.3 Å². The first-order valence-electron chi connectivity index (χ1n) is 3.98. The Balaban J connectivity index is 2.41. The lowest BCUT2D eigenvalue weighted by molar-refractivity contribution is -0.385. The van der Waals surface area contributed by atoms with Crippen LogP contribution in [0, 0.1) is 10.1 Å². The molecule has 68 valence electrons. The normalized spacial score (nSPS) is 15.8. The predicted molar refractivity (Wildman–Crippen MR) is 47.9 cm³/mol. The molecular formula is C8H7ClN2O2. The number of rotatable bonds is 2. The molecule has 0 unspecified atom stereocenters. The SMILES string of the molecule is O=[N+]([O-])c1cc(C2CC2)cnc1Cl. The molecule has 0 aromatic carbocycles. The zero-order chi connectivity index (χ0) is 9.42. The van der Waals surface area contributed by atoms with Gasteiger partial charge in [0.05, 0.1) is 4.92 Å². The van der Waals surface area contributed by atoms with Crippen LogP contribution in [0.1, 0.15) is 24.3 Å². The summed E-state index contributed by atoms with van der Waals surface area (Å²) in [7, 11) is 0. The average Bonchev–Trinajstić information content (AvgIpc) is 2.87. The summed E-state index contributed by atoms with van der Waals surface area (Å²) in [6.07, 6.45) is 3.81. The van der Waals surface area contributed by atoms with Gasteiger partial charge in [0.15, 0.2) is 0 Å². The minimum atomic E-state index is -0.499. The summed E-state index contributed by atoms with van der Waals surface area (Å²) in [5.74, 6) is 0.462. The highest BCUT2D eigenvalue weighted by molar-refractivity contribution is 6.31. The topological polar surface area (TPSA) is 56.0 Å². The van der Waals surface area contributed by atoms with Gasteiger partial charge in [-0.15, -0.1) is 0 Å². The van der Waals surface area contributed by atoms with Crippen LogP contribution in [0.4, 0.5) is 5.69 Å². The zero-order valence-electron chi connectivity index (χ0n) is 6.74. The molecule has 1 saturated carbocycles. The Kier molecular flexibility index (Phi) is 1.92. The molecule has 0 radical (unpaired) electrons. The van der Waals surface area contributed by atoms with Gasteiger partial charge in [-0.3, -0.25) is 10.1 Å². The summed E-state index contributed by atoms with van der Waals surface area (Å²) in [5, 5.41) is 10.5. The molecule has 1 aromatic rings. The first-order chi connectivity index (χ1) is 6.18. The molecule has 2 rings (SSSR count). The molecule has 0 amide bonds. The van der Waals surface area contributed by atoms with E-state index in [9.17, 15) is 10.1 Å². The van der Waals surface area contributed by atoms with Gasteiger partial charge in [0.2, 0.25) is 5.15 Å². The second-order valence-corrected chi connectivity index (χ2v) is 3.47. The van der Waals surface area contributed by atoms with Gasteiger partial charge in [0.1, 0.15) is 0 Å². The van der Waals surface area contributed by atoms with Crippen molar-refractivity contribution in [3.8, 4) is 0 Å². The fourth-order valence-corrected chi connectivity index (χ4v) is 1.39. The highest BCUT2D eigenvalue weighted by Crippen LogP contribution is 2.41. The van der Waals surface area contributed by atoms with E-state index in [0.717, 1.165) is 18.4 Å². The Labute approximate surface area is 79.7 Å². The molecule has 0 spiro atoms. The highest BCUT2D eigenvalue weighted by Gasteiger charge is 2.26. The molecule has 1 aromatic heterocycles. The van der Waals surface area contributed by atoms with Crippen LogP contribution in [0.15, 0.2) is 12.3 Å². The second-order valence-electron chi connectivity index (χ2n) is 3.11. The van der Waals surface area contributed by atoms with Crippen LogP contribution < -0.4 is 0 Å². The predicted octanol–water partition coefficient (Wildman–Crippen LogP) is 2.52. The average molecular weight is 199 g/mol. The lowest BCUT2D eigenvalue weighted by Crippen LogP contribution is -1.93. The van der Waals surface area contributed by atoms with Crippen molar-refractivity contribution in [2.75, 3.05) is 0 Å². The van der Waals surface area contributed by atoms with Crippen LogP contribution in [-0.4, -0.2) is 9.91 Å². The Hall–Kier alpha value is -1.16. The smallest absolute Gasteiger partial charge is 0.258 e. The third kappa shape index (κ3) is 1.62. The van der Waals surface area contributed by atoms with E-state index in [1.54, 1.807) is 6.20 Å². The largest absolute Gasteiger partial charge is 0.306 e. The number of halogens is 1. The Bertz CT molecular complexity index is 363. The van der Waals surface area contributed by atoms with Crippen molar-refractivity contribution in [2.45, 2.75) is 18.8 Å². The summed E-state index contributed by atoms with van der Waals surface area (Å²) < 4.78 is 0. The summed E-state index contributed by atoms with van der Waals surface area (Å²) >= 11 is 5.56. The van der Waals surface area contributed by atoms with E-state index >= 15 is 0 Å². The van der Waals surface area contributed by atoms with Gasteiger partial charge in [0, 0.05) is 12.3 Å². The van der Waals surface area contributed by atoms with Gasteiger partial charge in [-0.1, -0.05) is 11.6 Å². The van der Waals surface area contributed by atoms with Gasteiger partial charge in [-0.2, -0.15) is 0 Å². The van der Waals surface area contributed by atoms with Gasteiger partial charge < -0.3 is 0 Å². The third-order valence-electron chi connectivity index (χ3n) is 2.09. The molecule has 5 heteroatoms. The van der Waals surface area contributed by atoms with Crippen molar-refractivity contribution in [1.29, 1.82) is 0 Å². The molecule has 4 nitrogen and oxygen atoms in total. The molecule has 1 fully saturated rings. The number of pyridine rings is 1. The van der Waals surface area contributed by atoms with E-state index in [1.807, 2.05) is 0 Å². The van der Waals surface area contributed by atoms with Gasteiger partial charge in [-0.05, 0) is 24.3 Å². The molecule has 0 aliphatic heterocycles. The lowest BCUT2D eigenvalue weighted by Gasteiger charge is -1.98. The standard InChI is InChI=1S/C8H7ClN2O2/c9-8-7(11(12)13)3-6(4-10-8)5-1-2-5/h3-5H,1-2H2. The lowest BCUT2D eigenvalue weighted by atomic mass is 10.2. The van der Waals surface area contributed by atoms with E-state index in [-0.39, 0.29) is 10.8 Å². The maximum absolute atomic E-state index is 10.5. The van der Waals surface area contributed by atoms with E-state index in [1.165, 1.54) is 6.07 Å². The van der Waals surface area contributed by atoms with Crippen LogP contribution in [0.25, 0.3) is 0 Å². The minimum Gasteiger partial charge on any atom is -0.258 e. The van der Waals surface area contributed by atoms with Crippen molar-refractivity contribution < 1.29 is 4.92 Å². The van der Waals surface area contributed by atoms with Crippen LogP contribution in [0.2, 0.25) is 5.15 Å². The van der Waals surface area contributed by atoms with Crippen LogP contribution >= 0.6 is 11.6 Å². The number of aromatic nitrogens is 1. The van der Waals surface area contributed by atoms with Crippen molar-refractivity contribution in [1.82, 2.24) is 4.98 Å². The third-order valence-corrected chi connectivity index (χ3v) is 2.38. The summed E-state index contributed by atoms with van der Waals surface area (Å²) in [6, 6.07) is 1.52. The summed E-state index contributed by atoms with van der Waals surface area (Å²) in [5.41, 5.74) is 0.835. The Morgan fingerprint density at radius 1 is 1.62 bits per heavy atom. The monoisotopic (exact) mass is 198 g/mol. The van der Waals surface area contributed by atoms with Gasteiger partial charge in [-0.25, -0.2) is 4.98 Å². The van der Waals surface area contributed by atoms with E-state index in [0.29, 0.717) is 5.92 Å². The molecule has 0 saturated heterocycles. The van der Waals surface area contributed by atoms with E-state index < -0.39 is 4.92 Å². The highest BCUT2D eigenvalue weighted by atomic mass is 35.5. The molecule has 0 bridgehead atoms. The van der Waals surface area contributed by atoms with Crippen LogP contribution in [0.3, 0.4) is 0 Å². The number of nitro groups is 1. The van der Waals surface area contributed by atoms with Crippen molar-refractivity contribution in [3.63, 3.8) is 0 Å². The van der Waals surface area contributed by atoms with E-state index in [2.05, 4.69) is 4.98 Å². The zero-order valence-corrected chi connectivity index (χ0v) is 7.49. The van der Waals surface area contributed by atoms with Crippen molar-refractivity contribution in [2.24, 2.45) is 0 Å². The second kappa shape index (κ2) is 2.96. The first-order valence-corrected chi connectivity index (χ1v) is 4.36. The molecule has 0 N–H and O–H groups in total. The molecule has 13 heavy (non-hydrogen) atoms. The molecule has 1 aliphatic rings. The van der Waals surface area contributed by atoms with E-state index in [4.69, 9.17) is 11.6 Å².